The number of nitrogens with zero attached hydrogens (tertiary/aromatic N) is 4. The summed E-state index contributed by atoms with van der Waals surface area (Å²) in [6.45, 7) is 15.3. The first kappa shape index (κ1) is 37.1. The molecule has 0 amide bonds. The van der Waals surface area contributed by atoms with Crippen LogP contribution in [-0.2, 0) is 24.8 Å². The fourth-order valence-corrected chi connectivity index (χ4v) is 7.57. The van der Waals surface area contributed by atoms with Crippen LogP contribution < -0.4 is 15.0 Å². The van der Waals surface area contributed by atoms with Crippen molar-refractivity contribution in [1.29, 1.82) is 5.26 Å². The molecule has 1 spiro atoms. The smallest absolute Gasteiger partial charge is 0.253 e. The number of ether oxygens (including phenoxy) is 2. The third-order valence-electron chi connectivity index (χ3n) is 10.9. The standard InChI is InChI=1S/C34H43N3O3.C8H11NO/c1-22-23(2)33(38)36(5)21-30(22)25-10-11-31(32(18-25)39-6)40-27-12-17-37(34(19-27)14-15-34)20-26-8-7-9-28-24(3)35(4)16-13-29(26)28;1-8(2,3)4-7(5-9)6-10/h7-11,18,21,24,27H,12-17,19-20H2,1-6H3;4,6H,1-3H3/b;7-4+. The van der Waals surface area contributed by atoms with Gasteiger partial charge in [0.2, 0.25) is 0 Å². The van der Waals surface area contributed by atoms with Crippen molar-refractivity contribution < 1.29 is 14.3 Å². The van der Waals surface area contributed by atoms with Gasteiger partial charge in [-0.3, -0.25) is 19.4 Å². The number of fused-ring (bicyclic) bond motifs is 1. The average Bonchev–Trinajstić information content (AvgIpc) is 3.86. The second-order valence-corrected chi connectivity index (χ2v) is 15.5. The fraction of sp³-hybridized carbons (Fsp3) is 0.500. The van der Waals surface area contributed by atoms with E-state index in [1.54, 1.807) is 36.4 Å². The van der Waals surface area contributed by atoms with E-state index in [4.69, 9.17) is 14.7 Å². The topological polar surface area (TPSA) is 87.8 Å². The number of aryl methyl sites for hydroxylation is 1. The van der Waals surface area contributed by atoms with Crippen LogP contribution in [0, 0.1) is 30.6 Å². The van der Waals surface area contributed by atoms with E-state index in [0.717, 1.165) is 72.6 Å². The molecule has 50 heavy (non-hydrogen) atoms. The van der Waals surface area contributed by atoms with Crippen LogP contribution in [0.2, 0.25) is 0 Å². The number of likely N-dealkylation sites (N-methyl/N-ethyl adjacent to an activating group) is 1. The number of pyridine rings is 1. The van der Waals surface area contributed by atoms with Gasteiger partial charge in [0.15, 0.2) is 17.8 Å². The largest absolute Gasteiger partial charge is 0.493 e. The van der Waals surface area contributed by atoms with Crippen molar-refractivity contribution >= 4 is 6.29 Å². The lowest BCUT2D eigenvalue weighted by Gasteiger charge is -2.41. The van der Waals surface area contributed by atoms with E-state index < -0.39 is 0 Å². The second-order valence-electron chi connectivity index (χ2n) is 15.5. The summed E-state index contributed by atoms with van der Waals surface area (Å²) in [6, 6.07) is 15.4. The van der Waals surface area contributed by atoms with Crippen molar-refractivity contribution in [2.24, 2.45) is 12.5 Å². The van der Waals surface area contributed by atoms with Gasteiger partial charge in [0, 0.05) is 62.0 Å². The molecule has 6 rings (SSSR count). The molecule has 1 aromatic heterocycles. The van der Waals surface area contributed by atoms with Crippen LogP contribution in [0.3, 0.4) is 0 Å². The fourth-order valence-electron chi connectivity index (χ4n) is 7.57. The number of likely N-dealkylation sites (tertiary alicyclic amines) is 1. The third-order valence-corrected chi connectivity index (χ3v) is 10.9. The Balaban J connectivity index is 0.000000425. The first-order valence-corrected chi connectivity index (χ1v) is 17.9. The van der Waals surface area contributed by atoms with E-state index in [2.05, 4.69) is 48.0 Å². The Morgan fingerprint density at radius 2 is 1.82 bits per heavy atom. The summed E-state index contributed by atoms with van der Waals surface area (Å²) >= 11 is 0. The van der Waals surface area contributed by atoms with Gasteiger partial charge in [-0.15, -0.1) is 0 Å². The summed E-state index contributed by atoms with van der Waals surface area (Å²) in [6.07, 6.45) is 10.0. The molecule has 3 aromatic rings. The number of carbonyl (C=O) groups excluding carboxylic acids is 1. The van der Waals surface area contributed by atoms with Crippen molar-refractivity contribution in [3.8, 4) is 28.7 Å². The highest BCUT2D eigenvalue weighted by molar-refractivity contribution is 5.79. The van der Waals surface area contributed by atoms with E-state index in [-0.39, 0.29) is 28.2 Å². The molecule has 2 aromatic carbocycles. The highest BCUT2D eigenvalue weighted by atomic mass is 16.5. The lowest BCUT2D eigenvalue weighted by molar-refractivity contribution is -0.104. The minimum Gasteiger partial charge on any atom is -0.493 e. The number of aromatic nitrogens is 1. The van der Waals surface area contributed by atoms with E-state index >= 15 is 0 Å². The maximum absolute atomic E-state index is 12.4. The lowest BCUT2D eigenvalue weighted by atomic mass is 9.89. The molecule has 3 heterocycles. The number of nitriles is 1. The molecule has 0 N–H and O–H groups in total. The van der Waals surface area contributed by atoms with Crippen molar-refractivity contribution in [2.45, 2.75) is 97.9 Å². The molecule has 2 aliphatic heterocycles. The zero-order chi connectivity index (χ0) is 36.4. The Kier molecular flexibility index (Phi) is 11.1. The minimum atomic E-state index is -0.0913. The summed E-state index contributed by atoms with van der Waals surface area (Å²) in [7, 11) is 5.74. The number of hydrogen-bond donors (Lipinski definition) is 0. The normalized spacial score (nSPS) is 20.3. The molecule has 0 bridgehead atoms. The van der Waals surface area contributed by atoms with E-state index in [9.17, 15) is 9.59 Å². The Morgan fingerprint density at radius 3 is 2.44 bits per heavy atom. The molecule has 8 heteroatoms. The van der Waals surface area contributed by atoms with Gasteiger partial charge in [0.1, 0.15) is 12.2 Å². The van der Waals surface area contributed by atoms with Gasteiger partial charge in [0.05, 0.1) is 12.7 Å². The van der Waals surface area contributed by atoms with Crippen molar-refractivity contribution in [3.05, 3.63) is 92.4 Å². The molecule has 0 radical (unpaired) electrons. The van der Waals surface area contributed by atoms with E-state index in [1.807, 2.05) is 52.9 Å². The summed E-state index contributed by atoms with van der Waals surface area (Å²) in [5.74, 6) is 1.54. The minimum absolute atomic E-state index is 0.0443. The Bertz CT molecular complexity index is 1860. The van der Waals surface area contributed by atoms with Crippen LogP contribution in [0.1, 0.15) is 87.2 Å². The van der Waals surface area contributed by atoms with Gasteiger partial charge in [0.25, 0.3) is 5.56 Å². The summed E-state index contributed by atoms with van der Waals surface area (Å²) in [5, 5.41) is 8.34. The number of benzene rings is 2. The van der Waals surface area contributed by atoms with Crippen LogP contribution in [0.15, 0.2) is 59.0 Å². The Morgan fingerprint density at radius 1 is 1.08 bits per heavy atom. The van der Waals surface area contributed by atoms with Crippen LogP contribution in [0.5, 0.6) is 11.5 Å². The molecule has 2 atom stereocenters. The highest BCUT2D eigenvalue weighted by Gasteiger charge is 2.52. The number of methoxy groups -OCH3 is 1. The molecule has 266 valence electrons. The molecule has 3 aliphatic rings. The maximum Gasteiger partial charge on any atom is 0.253 e. The molecule has 2 fully saturated rings. The number of rotatable bonds is 7. The first-order chi connectivity index (χ1) is 23.7. The van der Waals surface area contributed by atoms with Crippen molar-refractivity contribution in [3.63, 3.8) is 0 Å². The third kappa shape index (κ3) is 8.06. The Labute approximate surface area is 298 Å². The van der Waals surface area contributed by atoms with Gasteiger partial charge < -0.3 is 14.0 Å². The van der Waals surface area contributed by atoms with E-state index in [0.29, 0.717) is 12.3 Å². The monoisotopic (exact) mass is 678 g/mol. The zero-order valence-electron chi connectivity index (χ0n) is 31.4. The van der Waals surface area contributed by atoms with Crippen LogP contribution in [-0.4, -0.2) is 59.5 Å². The highest BCUT2D eigenvalue weighted by Crippen LogP contribution is 2.50. The van der Waals surface area contributed by atoms with Gasteiger partial charge in [-0.05, 0) is 98.9 Å². The number of carbonyl (C=O) groups is 1. The number of piperidine rings is 1. The van der Waals surface area contributed by atoms with Crippen molar-refractivity contribution in [2.75, 3.05) is 27.2 Å². The van der Waals surface area contributed by atoms with E-state index in [1.165, 1.54) is 24.0 Å². The molecule has 1 saturated carbocycles. The maximum atomic E-state index is 12.4. The summed E-state index contributed by atoms with van der Waals surface area (Å²) in [5.41, 5.74) is 8.87. The van der Waals surface area contributed by atoms with Crippen LogP contribution in [0.25, 0.3) is 11.1 Å². The zero-order valence-corrected chi connectivity index (χ0v) is 31.4. The van der Waals surface area contributed by atoms with Crippen LogP contribution in [0.4, 0.5) is 0 Å². The average molecular weight is 679 g/mol. The summed E-state index contributed by atoms with van der Waals surface area (Å²) < 4.78 is 14.1. The molecular formula is C42H54N4O4. The lowest BCUT2D eigenvalue weighted by Crippen LogP contribution is -2.47. The predicted octanol–water partition coefficient (Wildman–Crippen LogP) is 7.48. The second kappa shape index (κ2) is 15.0. The molecule has 8 nitrogen and oxygen atoms in total. The Hall–Kier alpha value is -4.19. The molecule has 1 saturated heterocycles. The number of allylic oxidation sites excluding steroid dienone is 2. The number of aldehydes is 1. The van der Waals surface area contributed by atoms with Gasteiger partial charge >= 0.3 is 0 Å². The first-order valence-electron chi connectivity index (χ1n) is 17.9. The summed E-state index contributed by atoms with van der Waals surface area (Å²) in [4.78, 5) is 27.7. The van der Waals surface area contributed by atoms with Crippen molar-refractivity contribution in [1.82, 2.24) is 14.4 Å². The SMILES string of the molecule is CC(C)(C)/C=C(\C#N)C=O.COc1cc(-c2cn(C)c(=O)c(C)c2C)ccc1OC1CCN(Cc2cccc3c2CCN(C)C3C)C2(CC2)C1. The number of hydrogen-bond acceptors (Lipinski definition) is 7. The molecular weight excluding hydrogens is 624 g/mol. The predicted molar refractivity (Wildman–Crippen MR) is 200 cm³/mol. The quantitative estimate of drug-likeness (QED) is 0.145. The van der Waals surface area contributed by atoms with Crippen LogP contribution >= 0.6 is 0 Å². The van der Waals surface area contributed by atoms with Gasteiger partial charge in [-0.1, -0.05) is 51.1 Å². The molecule has 1 aliphatic carbocycles. The molecule has 2 unspecified atom stereocenters. The van der Waals surface area contributed by atoms with Gasteiger partial charge in [-0.25, -0.2) is 0 Å². The van der Waals surface area contributed by atoms with Gasteiger partial charge in [-0.2, -0.15) is 5.26 Å².